The summed E-state index contributed by atoms with van der Waals surface area (Å²) in [5, 5.41) is 30.3. The van der Waals surface area contributed by atoms with Crippen molar-refractivity contribution < 1.29 is 40.7 Å². The van der Waals surface area contributed by atoms with Crippen molar-refractivity contribution in [1.82, 2.24) is 5.32 Å². The summed E-state index contributed by atoms with van der Waals surface area (Å²) in [7, 11) is 0. The monoisotopic (exact) mass is 276 g/mol. The summed E-state index contributed by atoms with van der Waals surface area (Å²) >= 11 is -0.379. The molecule has 1 saturated heterocycles. The number of quaternary nitrogens is 1. The molecule has 4 atom stereocenters. The van der Waals surface area contributed by atoms with Crippen LogP contribution < -0.4 is 30.7 Å². The van der Waals surface area contributed by atoms with Gasteiger partial charge < -0.3 is 0 Å². The third kappa shape index (κ3) is 1.82. The molecule has 5 nitrogen and oxygen atoms in total. The number of hydrogen-bond donors (Lipinski definition) is 5. The van der Waals surface area contributed by atoms with E-state index in [1.54, 1.807) is 0 Å². The molecule has 0 aromatic carbocycles. The van der Waals surface area contributed by atoms with Crippen LogP contribution in [0.25, 0.3) is 0 Å². The molecule has 6 heteroatoms. The van der Waals surface area contributed by atoms with E-state index >= 15 is 0 Å². The average molecular weight is 276 g/mol. The van der Waals surface area contributed by atoms with Gasteiger partial charge >= 0.3 is 75.0 Å². The van der Waals surface area contributed by atoms with Gasteiger partial charge in [-0.3, -0.25) is 0 Å². The Kier molecular flexibility index (Phi) is 3.47. The number of alkyl halides is 1. The molecule has 0 aromatic rings. The van der Waals surface area contributed by atoms with Crippen molar-refractivity contribution in [3.8, 4) is 0 Å². The first-order valence-electron chi connectivity index (χ1n) is 3.30. The molecule has 1 aliphatic heterocycles. The fourth-order valence-corrected chi connectivity index (χ4v) is 2.77. The van der Waals surface area contributed by atoms with Crippen molar-refractivity contribution in [2.24, 2.45) is 0 Å². The summed E-state index contributed by atoms with van der Waals surface area (Å²) in [4.78, 5) is 0. The zero-order chi connectivity index (χ0) is 8.43. The first kappa shape index (κ1) is 9.62. The Morgan fingerprint density at radius 1 is 1.36 bits per heavy atom. The topological polar surface area (TPSA) is 100 Å². The van der Waals surface area contributed by atoms with E-state index in [4.69, 9.17) is 5.11 Å². The molecule has 1 aliphatic rings. The predicted molar refractivity (Wildman–Crippen MR) is 32.7 cm³/mol. The first-order chi connectivity index (χ1) is 5.20. The van der Waals surface area contributed by atoms with Gasteiger partial charge in [0, 0.05) is 0 Å². The molecule has 0 aromatic heterocycles. The number of rotatable bonds is 2. The van der Waals surface area contributed by atoms with Gasteiger partial charge in [-0.25, -0.2) is 0 Å². The van der Waals surface area contributed by atoms with E-state index in [0.717, 1.165) is 0 Å². The Labute approximate surface area is 75.2 Å². The molecule has 0 aliphatic carbocycles. The van der Waals surface area contributed by atoms with Crippen LogP contribution in [0.1, 0.15) is 0 Å². The van der Waals surface area contributed by atoms with Crippen molar-refractivity contribution in [1.29, 1.82) is 0 Å². The Morgan fingerprint density at radius 2 is 2.00 bits per heavy atom. The SMILES string of the molecule is [NH3+][I-]C1NC(CO)C(O)C1O. The van der Waals surface area contributed by atoms with Crippen molar-refractivity contribution in [3.63, 3.8) is 0 Å². The van der Waals surface area contributed by atoms with Gasteiger partial charge in [-0.05, 0) is 0 Å². The van der Waals surface area contributed by atoms with Gasteiger partial charge in [0.15, 0.2) is 0 Å². The van der Waals surface area contributed by atoms with Crippen molar-refractivity contribution in [3.05, 3.63) is 0 Å². The molecule has 7 N–H and O–H groups in total. The van der Waals surface area contributed by atoms with E-state index in [0.29, 0.717) is 0 Å². The van der Waals surface area contributed by atoms with Crippen LogP contribution in [0.5, 0.6) is 0 Å². The van der Waals surface area contributed by atoms with Crippen LogP contribution in [-0.4, -0.2) is 44.2 Å². The van der Waals surface area contributed by atoms with E-state index in [-0.39, 0.29) is 38.2 Å². The molecular formula is C5H13IN2O3. The summed E-state index contributed by atoms with van der Waals surface area (Å²) in [6.07, 6.45) is -1.59. The molecule has 1 heterocycles. The number of halogens is 1. The first-order valence-corrected chi connectivity index (χ1v) is 6.07. The van der Waals surface area contributed by atoms with E-state index in [9.17, 15) is 10.2 Å². The van der Waals surface area contributed by atoms with Crippen LogP contribution in [0.15, 0.2) is 0 Å². The van der Waals surface area contributed by atoms with Crippen LogP contribution in [0, 0.1) is 0 Å². The summed E-state index contributed by atoms with van der Waals surface area (Å²) in [5.74, 6) is 0. The molecule has 1 rings (SSSR count). The normalized spacial score (nSPS) is 45.1. The van der Waals surface area contributed by atoms with Gasteiger partial charge in [-0.1, -0.05) is 0 Å². The van der Waals surface area contributed by atoms with E-state index in [1.807, 2.05) is 0 Å². The molecule has 1 fully saturated rings. The van der Waals surface area contributed by atoms with E-state index < -0.39 is 12.2 Å². The number of hydrogen-bond acceptors (Lipinski definition) is 4. The summed E-state index contributed by atoms with van der Waals surface area (Å²) < 4.78 is 3.63. The standard InChI is InChI=1S/C5H13IN2O3/c7-6-5-4(11)3(10)2(1-9)8-5/h2-5,8-11H,1H2,7H3. The van der Waals surface area contributed by atoms with Gasteiger partial charge in [-0.15, -0.1) is 0 Å². The number of aliphatic hydroxyl groups excluding tert-OH is 3. The Balaban J connectivity index is 2.53. The molecule has 0 bridgehead atoms. The predicted octanol–water partition coefficient (Wildman–Crippen LogP) is -6.76. The van der Waals surface area contributed by atoms with Crippen molar-refractivity contribution in [2.45, 2.75) is 22.3 Å². The van der Waals surface area contributed by atoms with Crippen LogP contribution in [-0.2, 0) is 0 Å². The zero-order valence-electron chi connectivity index (χ0n) is 5.94. The Morgan fingerprint density at radius 3 is 2.27 bits per heavy atom. The van der Waals surface area contributed by atoms with Gasteiger partial charge in [0.2, 0.25) is 0 Å². The molecule has 0 radical (unpaired) electrons. The van der Waals surface area contributed by atoms with Crippen LogP contribution in [0.2, 0.25) is 0 Å². The summed E-state index contributed by atoms with van der Waals surface area (Å²) in [5.41, 5.74) is 0. The van der Waals surface area contributed by atoms with Crippen molar-refractivity contribution >= 4 is 0 Å². The Hall–Kier alpha value is 0.530. The zero-order valence-corrected chi connectivity index (χ0v) is 8.10. The minimum absolute atomic E-state index is 0.0825. The second-order valence-corrected chi connectivity index (χ2v) is 4.72. The molecule has 0 spiro atoms. The molecule has 11 heavy (non-hydrogen) atoms. The number of nitrogens with one attached hydrogen (secondary N) is 1. The molecule has 0 amide bonds. The maximum atomic E-state index is 9.32. The summed E-state index contributed by atoms with van der Waals surface area (Å²) in [6, 6.07) is -0.378. The number of aliphatic hydroxyl groups is 3. The van der Waals surface area contributed by atoms with Crippen LogP contribution in [0.4, 0.5) is 0 Å². The third-order valence-corrected chi connectivity index (χ3v) is 3.84. The molecule has 68 valence electrons. The second kappa shape index (κ2) is 3.97. The van der Waals surface area contributed by atoms with E-state index in [1.165, 1.54) is 0 Å². The van der Waals surface area contributed by atoms with Crippen LogP contribution >= 0.6 is 0 Å². The quantitative estimate of drug-likeness (QED) is 0.150. The molecule has 0 saturated carbocycles. The van der Waals surface area contributed by atoms with Crippen molar-refractivity contribution in [2.75, 3.05) is 6.61 Å². The van der Waals surface area contributed by atoms with Gasteiger partial charge in [-0.2, -0.15) is 0 Å². The fraction of sp³-hybridized carbons (Fsp3) is 1.00. The Bertz CT molecular complexity index is 119. The van der Waals surface area contributed by atoms with Crippen LogP contribution in [0.3, 0.4) is 0 Å². The van der Waals surface area contributed by atoms with Gasteiger partial charge in [0.1, 0.15) is 0 Å². The van der Waals surface area contributed by atoms with Gasteiger partial charge in [0.25, 0.3) is 0 Å². The third-order valence-electron chi connectivity index (χ3n) is 1.80. The van der Waals surface area contributed by atoms with Gasteiger partial charge in [0.05, 0.1) is 0 Å². The fourth-order valence-electron chi connectivity index (χ4n) is 1.11. The van der Waals surface area contributed by atoms with E-state index in [2.05, 4.69) is 9.26 Å². The maximum absolute atomic E-state index is 9.32. The second-order valence-electron chi connectivity index (χ2n) is 2.49. The average Bonchev–Trinajstić information content (AvgIpc) is 2.30. The molecule has 4 unspecified atom stereocenters. The minimum atomic E-state index is -0.841. The molecular weight excluding hydrogens is 263 g/mol. The summed E-state index contributed by atoms with van der Waals surface area (Å²) in [6.45, 7) is -0.140.